The van der Waals surface area contributed by atoms with Gasteiger partial charge in [-0.2, -0.15) is 0 Å². The van der Waals surface area contributed by atoms with Crippen molar-refractivity contribution in [2.24, 2.45) is 0 Å². The predicted molar refractivity (Wildman–Crippen MR) is 228 cm³/mol. The van der Waals surface area contributed by atoms with Crippen molar-refractivity contribution >= 4 is 44.8 Å². The van der Waals surface area contributed by atoms with Gasteiger partial charge in [0.2, 0.25) is 0 Å². The number of hydrogen-bond acceptors (Lipinski definition) is 1. The molecule has 0 saturated carbocycles. The molecule has 8 aromatic carbocycles. The Bertz CT molecular complexity index is 2760. The third-order valence-corrected chi connectivity index (χ3v) is 10.9. The zero-order valence-electron chi connectivity index (χ0n) is 29.9. The standard InChI is InChI=1S/C52H38N2/c1-4-14-37(15-5-1)38-26-28-39(29-27-38)40-30-33-45(34-31-40)53(43-18-6-2-7-19-43)46-22-12-17-42(36-46)47-24-13-25-50-51(47)49-35-32-41-16-10-11-23-48(41)52(49)54(50)44-20-8-3-9-21-44/h1-23,25-36,47H,24H2. The van der Waals surface area contributed by atoms with E-state index in [1.165, 1.54) is 66.4 Å². The van der Waals surface area contributed by atoms with Crippen LogP contribution in [0.1, 0.15) is 29.2 Å². The highest BCUT2D eigenvalue weighted by atomic mass is 15.1. The minimum absolute atomic E-state index is 0.206. The number of nitrogens with zero attached hydrogens (tertiary/aromatic N) is 2. The first-order valence-electron chi connectivity index (χ1n) is 18.8. The number of anilines is 3. The van der Waals surface area contributed by atoms with Crippen LogP contribution in [0.5, 0.6) is 0 Å². The van der Waals surface area contributed by atoms with Crippen LogP contribution in [0.25, 0.3) is 55.7 Å². The summed E-state index contributed by atoms with van der Waals surface area (Å²) in [6.45, 7) is 0. The normalized spacial score (nSPS) is 13.6. The fourth-order valence-electron chi connectivity index (χ4n) is 8.40. The van der Waals surface area contributed by atoms with Gasteiger partial charge in [0.25, 0.3) is 0 Å². The first kappa shape index (κ1) is 31.8. The van der Waals surface area contributed by atoms with Crippen molar-refractivity contribution in [2.75, 3.05) is 4.90 Å². The molecule has 256 valence electrons. The van der Waals surface area contributed by atoms with Gasteiger partial charge < -0.3 is 9.47 Å². The Labute approximate surface area is 316 Å². The van der Waals surface area contributed by atoms with Crippen molar-refractivity contribution in [3.63, 3.8) is 0 Å². The van der Waals surface area contributed by atoms with E-state index in [-0.39, 0.29) is 5.92 Å². The number of allylic oxidation sites excluding steroid dienone is 1. The van der Waals surface area contributed by atoms with Gasteiger partial charge in [0.05, 0.1) is 11.2 Å². The smallest absolute Gasteiger partial charge is 0.0616 e. The summed E-state index contributed by atoms with van der Waals surface area (Å²) in [5, 5.41) is 3.85. The molecule has 10 rings (SSSR count). The Kier molecular flexibility index (Phi) is 8.00. The second kappa shape index (κ2) is 13.6. The van der Waals surface area contributed by atoms with E-state index in [1.54, 1.807) is 0 Å². The molecule has 0 aliphatic heterocycles. The van der Waals surface area contributed by atoms with Gasteiger partial charge in [0.15, 0.2) is 0 Å². The predicted octanol–water partition coefficient (Wildman–Crippen LogP) is 14.1. The van der Waals surface area contributed by atoms with Crippen LogP contribution in [0.3, 0.4) is 0 Å². The molecule has 9 aromatic rings. The molecule has 0 bridgehead atoms. The molecular weight excluding hydrogens is 653 g/mol. The maximum Gasteiger partial charge on any atom is 0.0616 e. The van der Waals surface area contributed by atoms with Gasteiger partial charge in [-0.3, -0.25) is 0 Å². The molecule has 0 saturated heterocycles. The highest BCUT2D eigenvalue weighted by Crippen LogP contribution is 2.46. The second-order valence-corrected chi connectivity index (χ2v) is 14.1. The molecule has 1 aromatic heterocycles. The molecule has 0 fully saturated rings. The Morgan fingerprint density at radius 3 is 1.74 bits per heavy atom. The summed E-state index contributed by atoms with van der Waals surface area (Å²) in [6.07, 6.45) is 5.64. The molecule has 54 heavy (non-hydrogen) atoms. The van der Waals surface area contributed by atoms with Gasteiger partial charge in [-0.25, -0.2) is 0 Å². The van der Waals surface area contributed by atoms with E-state index in [0.29, 0.717) is 0 Å². The molecule has 1 aliphatic rings. The van der Waals surface area contributed by atoms with Crippen LogP contribution >= 0.6 is 0 Å². The quantitative estimate of drug-likeness (QED) is 0.162. The van der Waals surface area contributed by atoms with E-state index in [9.17, 15) is 0 Å². The fourth-order valence-corrected chi connectivity index (χ4v) is 8.40. The molecule has 1 aliphatic carbocycles. The lowest BCUT2D eigenvalue weighted by atomic mass is 9.83. The Hall–Kier alpha value is -6.90. The number of rotatable bonds is 7. The van der Waals surface area contributed by atoms with E-state index in [1.807, 2.05) is 0 Å². The third-order valence-electron chi connectivity index (χ3n) is 10.9. The lowest BCUT2D eigenvalue weighted by Crippen LogP contribution is -2.11. The largest absolute Gasteiger partial charge is 0.310 e. The molecule has 2 nitrogen and oxygen atoms in total. The number of aromatic nitrogens is 1. The summed E-state index contributed by atoms with van der Waals surface area (Å²) in [7, 11) is 0. The molecule has 0 N–H and O–H groups in total. The van der Waals surface area contributed by atoms with E-state index < -0.39 is 0 Å². The SMILES string of the molecule is C1=Cc2c(c3ccc4ccccc4c3n2-c2ccccc2)C(c2cccc(N(c3ccccc3)c3ccc(-c4ccc(-c5ccccc5)cc4)cc3)c2)C1. The lowest BCUT2D eigenvalue weighted by Gasteiger charge is -2.28. The number of fused-ring (bicyclic) bond motifs is 5. The van der Waals surface area contributed by atoms with Crippen molar-refractivity contribution < 1.29 is 0 Å². The first-order chi connectivity index (χ1) is 26.8. The van der Waals surface area contributed by atoms with Gasteiger partial charge in [0.1, 0.15) is 0 Å². The van der Waals surface area contributed by atoms with Crippen LogP contribution in [-0.4, -0.2) is 4.57 Å². The molecule has 1 atom stereocenters. The summed E-state index contributed by atoms with van der Waals surface area (Å²) < 4.78 is 2.48. The number of para-hydroxylation sites is 2. The molecule has 1 unspecified atom stereocenters. The van der Waals surface area contributed by atoms with E-state index in [2.05, 4.69) is 222 Å². The minimum Gasteiger partial charge on any atom is -0.310 e. The fraction of sp³-hybridized carbons (Fsp3) is 0.0385. The van der Waals surface area contributed by atoms with Crippen LogP contribution in [0.4, 0.5) is 17.1 Å². The van der Waals surface area contributed by atoms with Crippen molar-refractivity contribution in [3.8, 4) is 27.9 Å². The van der Waals surface area contributed by atoms with Gasteiger partial charge in [0, 0.05) is 39.4 Å². The van der Waals surface area contributed by atoms with Gasteiger partial charge in [-0.05, 0) is 99.8 Å². The first-order valence-corrected chi connectivity index (χ1v) is 18.8. The maximum absolute atomic E-state index is 2.48. The van der Waals surface area contributed by atoms with Crippen molar-refractivity contribution in [2.45, 2.75) is 12.3 Å². The summed E-state index contributed by atoms with van der Waals surface area (Å²) in [5.74, 6) is 0.206. The van der Waals surface area contributed by atoms with Gasteiger partial charge in [-0.1, -0.05) is 158 Å². The monoisotopic (exact) mass is 690 g/mol. The zero-order valence-corrected chi connectivity index (χ0v) is 29.9. The van der Waals surface area contributed by atoms with Crippen LogP contribution in [0.2, 0.25) is 0 Å². The van der Waals surface area contributed by atoms with Crippen molar-refractivity contribution in [1.29, 1.82) is 0 Å². The average molecular weight is 691 g/mol. The number of hydrogen-bond donors (Lipinski definition) is 0. The van der Waals surface area contributed by atoms with Crippen molar-refractivity contribution in [1.82, 2.24) is 4.57 Å². The topological polar surface area (TPSA) is 8.17 Å². The lowest BCUT2D eigenvalue weighted by molar-refractivity contribution is 0.819. The molecule has 2 heteroatoms. The van der Waals surface area contributed by atoms with E-state index in [4.69, 9.17) is 0 Å². The van der Waals surface area contributed by atoms with E-state index in [0.717, 1.165) is 23.5 Å². The summed E-state index contributed by atoms with van der Waals surface area (Å²) in [6, 6.07) is 72.6. The van der Waals surface area contributed by atoms with Crippen LogP contribution in [0, 0.1) is 0 Å². The van der Waals surface area contributed by atoms with Crippen LogP contribution < -0.4 is 4.90 Å². The Morgan fingerprint density at radius 2 is 1.02 bits per heavy atom. The van der Waals surface area contributed by atoms with Crippen molar-refractivity contribution in [3.05, 3.63) is 223 Å². The molecular formula is C52H38N2. The Balaban J connectivity index is 1.06. The summed E-state index contributed by atoms with van der Waals surface area (Å²) in [5.41, 5.74) is 14.7. The summed E-state index contributed by atoms with van der Waals surface area (Å²) >= 11 is 0. The zero-order chi connectivity index (χ0) is 35.8. The van der Waals surface area contributed by atoms with E-state index >= 15 is 0 Å². The van der Waals surface area contributed by atoms with Crippen LogP contribution in [-0.2, 0) is 0 Å². The second-order valence-electron chi connectivity index (χ2n) is 14.1. The van der Waals surface area contributed by atoms with Crippen LogP contribution in [0.15, 0.2) is 206 Å². The molecule has 0 spiro atoms. The number of benzene rings is 8. The van der Waals surface area contributed by atoms with Gasteiger partial charge >= 0.3 is 0 Å². The highest BCUT2D eigenvalue weighted by Gasteiger charge is 2.28. The molecule has 0 radical (unpaired) electrons. The molecule has 0 amide bonds. The highest BCUT2D eigenvalue weighted by molar-refractivity contribution is 6.09. The summed E-state index contributed by atoms with van der Waals surface area (Å²) in [4.78, 5) is 2.38. The third kappa shape index (κ3) is 5.60. The minimum atomic E-state index is 0.206. The Morgan fingerprint density at radius 1 is 0.444 bits per heavy atom. The maximum atomic E-state index is 2.48. The average Bonchev–Trinajstić information content (AvgIpc) is 3.60. The van der Waals surface area contributed by atoms with Gasteiger partial charge in [-0.15, -0.1) is 0 Å². The molecule has 1 heterocycles.